The second kappa shape index (κ2) is 2.75. The van der Waals surface area contributed by atoms with Crippen molar-refractivity contribution in [3.63, 3.8) is 0 Å². The summed E-state index contributed by atoms with van der Waals surface area (Å²) in [5.41, 5.74) is -0.313. The van der Waals surface area contributed by atoms with E-state index in [0.29, 0.717) is 0 Å². The van der Waals surface area contributed by atoms with E-state index in [0.717, 1.165) is 10.2 Å². The molecule has 1 heterocycles. The third-order valence-electron chi connectivity index (χ3n) is 1.54. The largest absolute Gasteiger partial charge is 0.467 e. The first-order chi connectivity index (χ1) is 5.06. The van der Waals surface area contributed by atoms with Gasteiger partial charge in [-0.05, 0) is 35.8 Å². The second-order valence-corrected chi connectivity index (χ2v) is 3.81. The topological polar surface area (TPSA) is 13.1 Å². The average Bonchev–Trinajstić information content (AvgIpc) is 2.36. The van der Waals surface area contributed by atoms with Crippen LogP contribution in [-0.4, -0.2) is 0 Å². The molecule has 2 heteroatoms. The zero-order valence-corrected chi connectivity index (χ0v) is 8.10. The minimum absolute atomic E-state index is 0.313. The van der Waals surface area contributed by atoms with Crippen LogP contribution in [0.25, 0.3) is 0 Å². The number of rotatable bonds is 1. The van der Waals surface area contributed by atoms with Crippen molar-refractivity contribution >= 4 is 15.9 Å². The Morgan fingerprint density at radius 3 is 2.64 bits per heavy atom. The van der Waals surface area contributed by atoms with Crippen LogP contribution in [0, 0.1) is 12.3 Å². The SMILES string of the molecule is C#CC(C)(C)c1cc(Br)co1. The molecule has 0 unspecified atom stereocenters. The molecule has 0 saturated carbocycles. The van der Waals surface area contributed by atoms with Gasteiger partial charge in [-0.15, -0.1) is 6.42 Å². The molecule has 58 valence electrons. The summed E-state index contributed by atoms with van der Waals surface area (Å²) < 4.78 is 6.16. The number of furan rings is 1. The monoisotopic (exact) mass is 212 g/mol. The van der Waals surface area contributed by atoms with Gasteiger partial charge in [0.2, 0.25) is 0 Å². The first kappa shape index (κ1) is 8.42. The molecule has 0 radical (unpaired) electrons. The first-order valence-corrected chi connectivity index (χ1v) is 4.08. The van der Waals surface area contributed by atoms with E-state index < -0.39 is 0 Å². The Labute approximate surface area is 74.9 Å². The molecule has 1 aromatic rings. The lowest BCUT2D eigenvalue weighted by Gasteiger charge is -2.12. The van der Waals surface area contributed by atoms with Gasteiger partial charge in [0.25, 0.3) is 0 Å². The van der Waals surface area contributed by atoms with Gasteiger partial charge in [-0.25, -0.2) is 0 Å². The number of halogens is 1. The van der Waals surface area contributed by atoms with Crippen LogP contribution in [-0.2, 0) is 5.41 Å². The molecule has 0 saturated heterocycles. The molecule has 0 aliphatic rings. The standard InChI is InChI=1S/C9H9BrO/c1-4-9(2,3)8-5-7(10)6-11-8/h1,5-6H,2-3H3. The average molecular weight is 213 g/mol. The van der Waals surface area contributed by atoms with Crippen molar-refractivity contribution in [2.45, 2.75) is 19.3 Å². The number of hydrogen-bond donors (Lipinski definition) is 0. The maximum absolute atomic E-state index is 5.32. The number of hydrogen-bond acceptors (Lipinski definition) is 1. The summed E-state index contributed by atoms with van der Waals surface area (Å²) in [4.78, 5) is 0. The molecule has 0 amide bonds. The van der Waals surface area contributed by atoms with Crippen LogP contribution in [0.15, 0.2) is 21.2 Å². The Kier molecular flexibility index (Phi) is 2.10. The predicted octanol–water partition coefficient (Wildman–Crippen LogP) is 2.95. The van der Waals surface area contributed by atoms with E-state index in [9.17, 15) is 0 Å². The van der Waals surface area contributed by atoms with Gasteiger partial charge in [-0.1, -0.05) is 5.92 Å². The van der Waals surface area contributed by atoms with Crippen LogP contribution in [0.2, 0.25) is 0 Å². The fourth-order valence-electron chi connectivity index (χ4n) is 0.712. The van der Waals surface area contributed by atoms with Crippen molar-refractivity contribution in [2.75, 3.05) is 0 Å². The molecule has 0 bridgehead atoms. The summed E-state index contributed by atoms with van der Waals surface area (Å²) in [5, 5.41) is 0. The van der Waals surface area contributed by atoms with Crippen molar-refractivity contribution in [3.05, 3.63) is 22.6 Å². The fraction of sp³-hybridized carbons (Fsp3) is 0.333. The second-order valence-electron chi connectivity index (χ2n) is 2.90. The molecule has 1 aromatic heterocycles. The molecule has 0 aliphatic heterocycles. The third-order valence-corrected chi connectivity index (χ3v) is 1.96. The summed E-state index contributed by atoms with van der Waals surface area (Å²) in [6, 6.07) is 1.89. The van der Waals surface area contributed by atoms with Crippen LogP contribution in [0.1, 0.15) is 19.6 Å². The molecule has 11 heavy (non-hydrogen) atoms. The molecule has 0 N–H and O–H groups in total. The molecule has 1 rings (SSSR count). The summed E-state index contributed by atoms with van der Waals surface area (Å²) in [7, 11) is 0. The number of terminal acetylenes is 1. The van der Waals surface area contributed by atoms with Gasteiger partial charge in [0.1, 0.15) is 12.0 Å². The Bertz CT molecular complexity index is 291. The Balaban J connectivity index is 3.04. The lowest BCUT2D eigenvalue weighted by atomic mass is 9.92. The minimum Gasteiger partial charge on any atom is -0.467 e. The van der Waals surface area contributed by atoms with Crippen molar-refractivity contribution in [2.24, 2.45) is 0 Å². The van der Waals surface area contributed by atoms with E-state index in [2.05, 4.69) is 21.9 Å². The quantitative estimate of drug-likeness (QED) is 0.653. The van der Waals surface area contributed by atoms with Crippen LogP contribution < -0.4 is 0 Å². The zero-order chi connectivity index (χ0) is 8.48. The highest BCUT2D eigenvalue weighted by molar-refractivity contribution is 9.10. The van der Waals surface area contributed by atoms with Crippen molar-refractivity contribution < 1.29 is 4.42 Å². The van der Waals surface area contributed by atoms with Crippen LogP contribution in [0.3, 0.4) is 0 Å². The first-order valence-electron chi connectivity index (χ1n) is 3.28. The predicted molar refractivity (Wildman–Crippen MR) is 48.3 cm³/mol. The smallest absolute Gasteiger partial charge is 0.122 e. The van der Waals surface area contributed by atoms with E-state index in [1.807, 2.05) is 19.9 Å². The van der Waals surface area contributed by atoms with E-state index in [1.165, 1.54) is 0 Å². The van der Waals surface area contributed by atoms with E-state index in [1.54, 1.807) is 6.26 Å². The maximum atomic E-state index is 5.32. The minimum atomic E-state index is -0.313. The van der Waals surface area contributed by atoms with Crippen LogP contribution >= 0.6 is 15.9 Å². The highest BCUT2D eigenvalue weighted by Crippen LogP contribution is 2.26. The van der Waals surface area contributed by atoms with Gasteiger partial charge in [-0.3, -0.25) is 0 Å². The van der Waals surface area contributed by atoms with Gasteiger partial charge >= 0.3 is 0 Å². The van der Waals surface area contributed by atoms with Crippen molar-refractivity contribution in [1.82, 2.24) is 0 Å². The van der Waals surface area contributed by atoms with E-state index >= 15 is 0 Å². The summed E-state index contributed by atoms with van der Waals surface area (Å²) in [6.45, 7) is 3.89. The molecule has 0 aromatic carbocycles. The molecule has 0 aliphatic carbocycles. The van der Waals surface area contributed by atoms with Crippen molar-refractivity contribution in [1.29, 1.82) is 0 Å². The van der Waals surface area contributed by atoms with E-state index in [-0.39, 0.29) is 5.41 Å². The fourth-order valence-corrected chi connectivity index (χ4v) is 1.01. The maximum Gasteiger partial charge on any atom is 0.122 e. The molecule has 1 nitrogen and oxygen atoms in total. The lowest BCUT2D eigenvalue weighted by Crippen LogP contribution is -2.12. The van der Waals surface area contributed by atoms with Gasteiger partial charge in [0, 0.05) is 0 Å². The molecule has 0 fully saturated rings. The highest BCUT2D eigenvalue weighted by Gasteiger charge is 2.20. The van der Waals surface area contributed by atoms with Crippen molar-refractivity contribution in [3.8, 4) is 12.3 Å². The zero-order valence-electron chi connectivity index (χ0n) is 6.52. The summed E-state index contributed by atoms with van der Waals surface area (Å²) >= 11 is 3.29. The molecule has 0 atom stereocenters. The van der Waals surface area contributed by atoms with Gasteiger partial charge < -0.3 is 4.42 Å². The summed E-state index contributed by atoms with van der Waals surface area (Å²) in [5.74, 6) is 3.47. The molecular weight excluding hydrogens is 204 g/mol. The third kappa shape index (κ3) is 1.66. The molecule has 0 spiro atoms. The summed E-state index contributed by atoms with van der Waals surface area (Å²) in [6.07, 6.45) is 6.96. The Morgan fingerprint density at radius 2 is 2.27 bits per heavy atom. The Hall–Kier alpha value is -0.680. The Morgan fingerprint density at radius 1 is 1.64 bits per heavy atom. The molecular formula is C9H9BrO. The normalized spacial score (nSPS) is 11.1. The van der Waals surface area contributed by atoms with Crippen LogP contribution in [0.4, 0.5) is 0 Å². The van der Waals surface area contributed by atoms with Gasteiger partial charge in [-0.2, -0.15) is 0 Å². The van der Waals surface area contributed by atoms with Gasteiger partial charge in [0.15, 0.2) is 0 Å². The van der Waals surface area contributed by atoms with Gasteiger partial charge in [0.05, 0.1) is 9.89 Å². The highest BCUT2D eigenvalue weighted by atomic mass is 79.9. The van der Waals surface area contributed by atoms with Crippen LogP contribution in [0.5, 0.6) is 0 Å². The lowest BCUT2D eigenvalue weighted by molar-refractivity contribution is 0.446. The van der Waals surface area contributed by atoms with E-state index in [4.69, 9.17) is 10.8 Å².